The van der Waals surface area contributed by atoms with E-state index in [1.807, 2.05) is 0 Å². The molecule has 0 bridgehead atoms. The highest BCUT2D eigenvalue weighted by Gasteiger charge is 2.17. The van der Waals surface area contributed by atoms with Crippen LogP contribution in [0.25, 0.3) is 0 Å². The predicted octanol–water partition coefficient (Wildman–Crippen LogP) is 3.42. The lowest BCUT2D eigenvalue weighted by molar-refractivity contribution is 0.159. The molecule has 0 aromatic rings. The molecule has 18 heavy (non-hydrogen) atoms. The van der Waals surface area contributed by atoms with Crippen molar-refractivity contribution in [1.29, 1.82) is 0 Å². The molecule has 0 aromatic carbocycles. The molecule has 1 saturated heterocycles. The molecule has 2 heteroatoms. The van der Waals surface area contributed by atoms with E-state index in [1.165, 1.54) is 84.0 Å². The van der Waals surface area contributed by atoms with Crippen molar-refractivity contribution in [3.63, 3.8) is 0 Å². The summed E-state index contributed by atoms with van der Waals surface area (Å²) < 4.78 is 0. The van der Waals surface area contributed by atoms with E-state index >= 15 is 0 Å². The van der Waals surface area contributed by atoms with Gasteiger partial charge in [0, 0.05) is 6.04 Å². The van der Waals surface area contributed by atoms with E-state index in [0.717, 1.165) is 12.0 Å². The van der Waals surface area contributed by atoms with Gasteiger partial charge in [-0.3, -0.25) is 0 Å². The van der Waals surface area contributed by atoms with E-state index in [2.05, 4.69) is 17.1 Å². The van der Waals surface area contributed by atoms with Crippen LogP contribution in [0, 0.1) is 5.92 Å². The summed E-state index contributed by atoms with van der Waals surface area (Å²) in [6.07, 6.45) is 13.0. The Kier molecular flexibility index (Phi) is 6.50. The molecule has 2 nitrogen and oxygen atoms in total. The topological polar surface area (TPSA) is 15.3 Å². The second kappa shape index (κ2) is 8.16. The fourth-order valence-corrected chi connectivity index (χ4v) is 3.63. The van der Waals surface area contributed by atoms with Crippen LogP contribution in [0.15, 0.2) is 0 Å². The van der Waals surface area contributed by atoms with Gasteiger partial charge in [0.15, 0.2) is 0 Å². The molecule has 106 valence electrons. The van der Waals surface area contributed by atoms with Crippen molar-refractivity contribution in [3.8, 4) is 0 Å². The lowest BCUT2D eigenvalue weighted by Crippen LogP contribution is -2.39. The summed E-state index contributed by atoms with van der Waals surface area (Å²) in [6.45, 7) is 7.50. The average Bonchev–Trinajstić information content (AvgIpc) is 2.89. The number of rotatable bonds is 7. The van der Waals surface area contributed by atoms with Gasteiger partial charge in [0.1, 0.15) is 0 Å². The number of piperidine rings is 1. The first-order valence-electron chi connectivity index (χ1n) is 8.31. The van der Waals surface area contributed by atoms with Crippen molar-refractivity contribution < 1.29 is 0 Å². The fraction of sp³-hybridized carbons (Fsp3) is 1.00. The van der Waals surface area contributed by atoms with Crippen LogP contribution in [0.2, 0.25) is 0 Å². The zero-order chi connectivity index (χ0) is 12.6. The first-order chi connectivity index (χ1) is 8.86. The third kappa shape index (κ3) is 4.89. The fourth-order valence-electron chi connectivity index (χ4n) is 3.63. The van der Waals surface area contributed by atoms with Crippen LogP contribution in [0.3, 0.4) is 0 Å². The molecule has 2 rings (SSSR count). The number of hydrogen-bond acceptors (Lipinski definition) is 2. The van der Waals surface area contributed by atoms with Crippen molar-refractivity contribution in [2.75, 3.05) is 26.2 Å². The van der Waals surface area contributed by atoms with Crippen LogP contribution in [-0.4, -0.2) is 37.1 Å². The molecule has 0 aromatic heterocycles. The molecule has 2 aliphatic rings. The highest BCUT2D eigenvalue weighted by atomic mass is 15.2. The Labute approximate surface area is 114 Å². The van der Waals surface area contributed by atoms with Gasteiger partial charge in [0.2, 0.25) is 0 Å². The van der Waals surface area contributed by atoms with Crippen LogP contribution in [0.5, 0.6) is 0 Å². The Morgan fingerprint density at radius 3 is 2.56 bits per heavy atom. The maximum Gasteiger partial charge on any atom is 0.00669 e. The Balaban J connectivity index is 1.43. The Morgan fingerprint density at radius 2 is 1.78 bits per heavy atom. The Hall–Kier alpha value is -0.0800. The monoisotopic (exact) mass is 252 g/mol. The minimum atomic E-state index is 0.831. The van der Waals surface area contributed by atoms with E-state index in [0.29, 0.717) is 0 Å². The molecule has 0 amide bonds. The zero-order valence-corrected chi connectivity index (χ0v) is 12.3. The summed E-state index contributed by atoms with van der Waals surface area (Å²) in [5.74, 6) is 1.04. The van der Waals surface area contributed by atoms with Gasteiger partial charge in [-0.1, -0.05) is 32.1 Å². The van der Waals surface area contributed by atoms with Gasteiger partial charge >= 0.3 is 0 Å². The van der Waals surface area contributed by atoms with Gasteiger partial charge in [-0.2, -0.15) is 0 Å². The number of likely N-dealkylation sites (tertiary alicyclic amines) is 1. The Bertz CT molecular complexity index is 211. The van der Waals surface area contributed by atoms with Gasteiger partial charge < -0.3 is 10.2 Å². The van der Waals surface area contributed by atoms with Crippen molar-refractivity contribution in [1.82, 2.24) is 10.2 Å². The lowest BCUT2D eigenvalue weighted by atomic mass is 10.0. The SMILES string of the molecule is CC1CCCCN1CCCNCCC1CCCC1. The van der Waals surface area contributed by atoms with Gasteiger partial charge in [0.05, 0.1) is 0 Å². The standard InChI is InChI=1S/C16H32N2/c1-15-7-4-5-13-18(15)14-6-11-17-12-10-16-8-2-3-9-16/h15-17H,2-14H2,1H3. The maximum atomic E-state index is 3.64. The van der Waals surface area contributed by atoms with Crippen LogP contribution in [0.1, 0.15) is 64.7 Å². The Morgan fingerprint density at radius 1 is 1.00 bits per heavy atom. The molecule has 0 radical (unpaired) electrons. The summed E-state index contributed by atoms with van der Waals surface area (Å²) in [7, 11) is 0. The van der Waals surface area contributed by atoms with Crippen molar-refractivity contribution in [3.05, 3.63) is 0 Å². The van der Waals surface area contributed by atoms with Gasteiger partial charge in [-0.05, 0) is 64.7 Å². The second-order valence-corrected chi connectivity index (χ2v) is 6.42. The molecule has 1 N–H and O–H groups in total. The number of nitrogens with one attached hydrogen (secondary N) is 1. The zero-order valence-electron chi connectivity index (χ0n) is 12.3. The van der Waals surface area contributed by atoms with E-state index in [-0.39, 0.29) is 0 Å². The van der Waals surface area contributed by atoms with E-state index in [1.54, 1.807) is 0 Å². The lowest BCUT2D eigenvalue weighted by Gasteiger charge is -2.33. The second-order valence-electron chi connectivity index (χ2n) is 6.42. The molecular weight excluding hydrogens is 220 g/mol. The quantitative estimate of drug-likeness (QED) is 0.698. The smallest absolute Gasteiger partial charge is 0.00669 e. The van der Waals surface area contributed by atoms with Crippen molar-refractivity contribution in [2.45, 2.75) is 70.8 Å². The van der Waals surface area contributed by atoms with Crippen molar-refractivity contribution >= 4 is 0 Å². The molecule has 0 spiro atoms. The third-order valence-corrected chi connectivity index (χ3v) is 4.94. The van der Waals surface area contributed by atoms with Gasteiger partial charge in [-0.25, -0.2) is 0 Å². The summed E-state index contributed by atoms with van der Waals surface area (Å²) in [5.41, 5.74) is 0. The molecule has 2 fully saturated rings. The predicted molar refractivity (Wildman–Crippen MR) is 78.9 cm³/mol. The van der Waals surface area contributed by atoms with E-state index in [4.69, 9.17) is 0 Å². The summed E-state index contributed by atoms with van der Waals surface area (Å²) in [4.78, 5) is 2.68. The summed E-state index contributed by atoms with van der Waals surface area (Å²) in [6, 6.07) is 0.831. The van der Waals surface area contributed by atoms with E-state index in [9.17, 15) is 0 Å². The van der Waals surface area contributed by atoms with Crippen LogP contribution in [-0.2, 0) is 0 Å². The number of hydrogen-bond donors (Lipinski definition) is 1. The average molecular weight is 252 g/mol. The first kappa shape index (κ1) is 14.3. The van der Waals surface area contributed by atoms with Crippen LogP contribution in [0.4, 0.5) is 0 Å². The van der Waals surface area contributed by atoms with Crippen LogP contribution < -0.4 is 5.32 Å². The van der Waals surface area contributed by atoms with Gasteiger partial charge in [0.25, 0.3) is 0 Å². The highest BCUT2D eigenvalue weighted by molar-refractivity contribution is 4.73. The third-order valence-electron chi connectivity index (χ3n) is 4.94. The summed E-state index contributed by atoms with van der Waals surface area (Å²) >= 11 is 0. The van der Waals surface area contributed by atoms with Gasteiger partial charge in [-0.15, -0.1) is 0 Å². The van der Waals surface area contributed by atoms with Crippen LogP contribution >= 0.6 is 0 Å². The summed E-state index contributed by atoms with van der Waals surface area (Å²) in [5, 5.41) is 3.64. The normalized spacial score (nSPS) is 26.8. The molecule has 1 unspecified atom stereocenters. The molecule has 1 heterocycles. The first-order valence-corrected chi connectivity index (χ1v) is 8.31. The minimum Gasteiger partial charge on any atom is -0.317 e. The van der Waals surface area contributed by atoms with E-state index < -0.39 is 0 Å². The molecule has 1 aliphatic carbocycles. The highest BCUT2D eigenvalue weighted by Crippen LogP contribution is 2.26. The maximum absolute atomic E-state index is 3.64. The molecule has 1 atom stereocenters. The number of nitrogens with zero attached hydrogens (tertiary/aromatic N) is 1. The van der Waals surface area contributed by atoms with Crippen molar-refractivity contribution in [2.24, 2.45) is 5.92 Å². The molecular formula is C16H32N2. The minimum absolute atomic E-state index is 0.831. The molecule has 1 saturated carbocycles. The largest absolute Gasteiger partial charge is 0.317 e. The molecule has 1 aliphatic heterocycles.